The molecule has 0 bridgehead atoms. The third-order valence-corrected chi connectivity index (χ3v) is 3.69. The van der Waals surface area contributed by atoms with Gasteiger partial charge in [-0.15, -0.1) is 0 Å². The zero-order chi connectivity index (χ0) is 14.7. The van der Waals surface area contributed by atoms with Gasteiger partial charge in [0.25, 0.3) is 0 Å². The molecular formula is C13H15F2N3OS. The Morgan fingerprint density at radius 1 is 1.45 bits per heavy atom. The quantitative estimate of drug-likeness (QED) is 0.835. The van der Waals surface area contributed by atoms with Crippen molar-refractivity contribution >= 4 is 28.7 Å². The molecule has 0 unspecified atom stereocenters. The molecule has 20 heavy (non-hydrogen) atoms. The highest BCUT2D eigenvalue weighted by molar-refractivity contribution is 8.00. The number of hydrogen-bond acceptors (Lipinski definition) is 3. The van der Waals surface area contributed by atoms with Gasteiger partial charge in [-0.3, -0.25) is 4.79 Å². The minimum absolute atomic E-state index is 0.0883. The molecule has 0 spiro atoms. The van der Waals surface area contributed by atoms with Gasteiger partial charge in [0.1, 0.15) is 0 Å². The van der Waals surface area contributed by atoms with Crippen molar-refractivity contribution in [1.82, 2.24) is 15.3 Å². The molecule has 0 radical (unpaired) electrons. The lowest BCUT2D eigenvalue weighted by atomic mass is 10.3. The number of nitrogens with zero attached hydrogens (tertiary/aromatic N) is 1. The van der Waals surface area contributed by atoms with Gasteiger partial charge >= 0.3 is 0 Å². The predicted molar refractivity (Wildman–Crippen MR) is 74.6 cm³/mol. The van der Waals surface area contributed by atoms with Crippen LogP contribution in [0.3, 0.4) is 0 Å². The van der Waals surface area contributed by atoms with Gasteiger partial charge in [0.05, 0.1) is 16.3 Å². The number of hydrogen-bond donors (Lipinski definition) is 2. The number of H-pyrrole nitrogens is 1. The Morgan fingerprint density at radius 3 is 2.85 bits per heavy atom. The SMILES string of the molecule is CCCNC(=O)[C@H](C)Sc1nc2cc(F)c(F)cc2[nH]1. The molecule has 2 aromatic rings. The molecule has 1 heterocycles. The summed E-state index contributed by atoms with van der Waals surface area (Å²) >= 11 is 1.22. The van der Waals surface area contributed by atoms with E-state index in [4.69, 9.17) is 0 Å². The van der Waals surface area contributed by atoms with Gasteiger partial charge in [0.15, 0.2) is 16.8 Å². The summed E-state index contributed by atoms with van der Waals surface area (Å²) in [5.74, 6) is -1.95. The summed E-state index contributed by atoms with van der Waals surface area (Å²) in [5, 5.41) is 2.91. The molecule has 0 saturated heterocycles. The molecule has 1 atom stereocenters. The van der Waals surface area contributed by atoms with Gasteiger partial charge in [0, 0.05) is 18.7 Å². The van der Waals surface area contributed by atoms with Crippen molar-refractivity contribution in [3.63, 3.8) is 0 Å². The van der Waals surface area contributed by atoms with Crippen LogP contribution in [0.1, 0.15) is 20.3 Å². The summed E-state index contributed by atoms with van der Waals surface area (Å²) in [6, 6.07) is 2.09. The monoisotopic (exact) mass is 299 g/mol. The van der Waals surface area contributed by atoms with E-state index in [0.717, 1.165) is 18.6 Å². The maximum absolute atomic E-state index is 13.1. The van der Waals surface area contributed by atoms with E-state index < -0.39 is 11.6 Å². The second-order valence-electron chi connectivity index (χ2n) is 4.38. The summed E-state index contributed by atoms with van der Waals surface area (Å²) in [4.78, 5) is 18.7. The second-order valence-corrected chi connectivity index (χ2v) is 5.71. The molecule has 0 aliphatic heterocycles. The summed E-state index contributed by atoms with van der Waals surface area (Å²) < 4.78 is 26.2. The van der Waals surface area contributed by atoms with E-state index in [1.165, 1.54) is 11.8 Å². The van der Waals surface area contributed by atoms with Crippen LogP contribution in [-0.4, -0.2) is 27.7 Å². The van der Waals surface area contributed by atoms with Gasteiger partial charge in [-0.05, 0) is 13.3 Å². The molecule has 108 valence electrons. The van der Waals surface area contributed by atoms with E-state index in [-0.39, 0.29) is 11.2 Å². The van der Waals surface area contributed by atoms with E-state index in [0.29, 0.717) is 22.7 Å². The molecule has 0 saturated carbocycles. The van der Waals surface area contributed by atoms with Gasteiger partial charge in [-0.1, -0.05) is 18.7 Å². The first-order valence-electron chi connectivity index (χ1n) is 6.30. The first kappa shape index (κ1) is 14.8. The third-order valence-electron chi connectivity index (χ3n) is 2.71. The number of carbonyl (C=O) groups is 1. The average Bonchev–Trinajstić information content (AvgIpc) is 2.77. The molecule has 0 fully saturated rings. The van der Waals surface area contributed by atoms with Crippen LogP contribution < -0.4 is 5.32 Å². The van der Waals surface area contributed by atoms with Gasteiger partial charge in [-0.25, -0.2) is 13.8 Å². The molecule has 1 amide bonds. The van der Waals surface area contributed by atoms with Crippen molar-refractivity contribution < 1.29 is 13.6 Å². The Balaban J connectivity index is 2.12. The average molecular weight is 299 g/mol. The van der Waals surface area contributed by atoms with Crippen LogP contribution in [0.25, 0.3) is 11.0 Å². The number of aromatic nitrogens is 2. The van der Waals surface area contributed by atoms with Crippen LogP contribution in [0, 0.1) is 11.6 Å². The summed E-state index contributed by atoms with van der Waals surface area (Å²) in [7, 11) is 0. The van der Waals surface area contributed by atoms with E-state index in [1.54, 1.807) is 6.92 Å². The van der Waals surface area contributed by atoms with Crippen molar-refractivity contribution in [3.05, 3.63) is 23.8 Å². The molecule has 0 aliphatic rings. The number of rotatable bonds is 5. The normalized spacial score (nSPS) is 12.6. The van der Waals surface area contributed by atoms with Crippen LogP contribution >= 0.6 is 11.8 Å². The highest BCUT2D eigenvalue weighted by Gasteiger charge is 2.16. The minimum Gasteiger partial charge on any atom is -0.355 e. The van der Waals surface area contributed by atoms with Crippen LogP contribution in [-0.2, 0) is 4.79 Å². The lowest BCUT2D eigenvalue weighted by Crippen LogP contribution is -2.31. The largest absolute Gasteiger partial charge is 0.355 e. The van der Waals surface area contributed by atoms with Gasteiger partial charge in [0.2, 0.25) is 5.91 Å². The van der Waals surface area contributed by atoms with Crippen molar-refractivity contribution in [2.24, 2.45) is 0 Å². The molecule has 7 heteroatoms. The number of thioether (sulfide) groups is 1. The fraction of sp³-hybridized carbons (Fsp3) is 0.385. The van der Waals surface area contributed by atoms with Crippen LogP contribution in [0.5, 0.6) is 0 Å². The molecule has 2 N–H and O–H groups in total. The van der Waals surface area contributed by atoms with Crippen molar-refractivity contribution in [2.45, 2.75) is 30.7 Å². The summed E-state index contributed by atoms with van der Waals surface area (Å²) in [6.45, 7) is 4.35. The first-order valence-corrected chi connectivity index (χ1v) is 7.18. The Hall–Kier alpha value is -1.63. The molecule has 1 aromatic carbocycles. The zero-order valence-electron chi connectivity index (χ0n) is 11.2. The van der Waals surface area contributed by atoms with Crippen LogP contribution in [0.15, 0.2) is 17.3 Å². The number of aromatic amines is 1. The number of nitrogens with one attached hydrogen (secondary N) is 2. The molecule has 1 aromatic heterocycles. The Morgan fingerprint density at radius 2 is 2.15 bits per heavy atom. The third kappa shape index (κ3) is 3.27. The number of fused-ring (bicyclic) bond motifs is 1. The Labute approximate surface area is 119 Å². The van der Waals surface area contributed by atoms with E-state index in [9.17, 15) is 13.6 Å². The van der Waals surface area contributed by atoms with E-state index in [1.807, 2.05) is 6.92 Å². The lowest BCUT2D eigenvalue weighted by Gasteiger charge is -2.09. The molecule has 0 aliphatic carbocycles. The van der Waals surface area contributed by atoms with Crippen molar-refractivity contribution in [3.8, 4) is 0 Å². The fourth-order valence-corrected chi connectivity index (χ4v) is 2.50. The van der Waals surface area contributed by atoms with E-state index >= 15 is 0 Å². The zero-order valence-corrected chi connectivity index (χ0v) is 12.0. The standard InChI is InChI=1S/C13H15F2N3OS/c1-3-4-16-12(19)7(2)20-13-17-10-5-8(14)9(15)6-11(10)18-13/h5-7H,3-4H2,1-2H3,(H,16,19)(H,17,18)/t7-/m0/s1. The van der Waals surface area contributed by atoms with Gasteiger partial charge < -0.3 is 10.3 Å². The van der Waals surface area contributed by atoms with Crippen molar-refractivity contribution in [2.75, 3.05) is 6.54 Å². The lowest BCUT2D eigenvalue weighted by molar-refractivity contribution is -0.120. The van der Waals surface area contributed by atoms with E-state index in [2.05, 4.69) is 15.3 Å². The number of benzene rings is 1. The maximum atomic E-state index is 13.1. The maximum Gasteiger partial charge on any atom is 0.233 e. The van der Waals surface area contributed by atoms with Crippen LogP contribution in [0.4, 0.5) is 8.78 Å². The van der Waals surface area contributed by atoms with Crippen molar-refractivity contribution in [1.29, 1.82) is 0 Å². The Kier molecular flexibility index (Phi) is 4.59. The summed E-state index contributed by atoms with van der Waals surface area (Å²) in [6.07, 6.45) is 0.867. The molecule has 4 nitrogen and oxygen atoms in total. The first-order chi connectivity index (χ1) is 9.51. The number of halogens is 2. The molecule has 2 rings (SSSR count). The number of carbonyl (C=O) groups excluding carboxylic acids is 1. The number of imidazole rings is 1. The Bertz CT molecular complexity index is 590. The van der Waals surface area contributed by atoms with Crippen LogP contribution in [0.2, 0.25) is 0 Å². The highest BCUT2D eigenvalue weighted by atomic mass is 32.2. The topological polar surface area (TPSA) is 57.8 Å². The smallest absolute Gasteiger partial charge is 0.233 e. The highest BCUT2D eigenvalue weighted by Crippen LogP contribution is 2.24. The number of amides is 1. The second kappa shape index (κ2) is 6.21. The fourth-order valence-electron chi connectivity index (χ4n) is 1.65. The predicted octanol–water partition coefficient (Wildman–Crippen LogP) is 2.85. The van der Waals surface area contributed by atoms with Gasteiger partial charge in [-0.2, -0.15) is 0 Å². The minimum atomic E-state index is -0.936. The summed E-state index contributed by atoms with van der Waals surface area (Å²) in [5.41, 5.74) is 0.750. The molecular weight excluding hydrogens is 284 g/mol.